The van der Waals surface area contributed by atoms with Crippen LogP contribution in [-0.2, 0) is 10.0 Å². The number of aliphatic hydroxyl groups excluding tert-OH is 1. The van der Waals surface area contributed by atoms with Gasteiger partial charge in [0.2, 0.25) is 16.0 Å². The summed E-state index contributed by atoms with van der Waals surface area (Å²) in [5, 5.41) is 14.4. The van der Waals surface area contributed by atoms with Gasteiger partial charge < -0.3 is 10.4 Å². The van der Waals surface area contributed by atoms with Gasteiger partial charge in [-0.05, 0) is 45.1 Å². The number of pyridine rings is 1. The van der Waals surface area contributed by atoms with Crippen LogP contribution in [0.3, 0.4) is 0 Å². The van der Waals surface area contributed by atoms with Gasteiger partial charge in [0.15, 0.2) is 0 Å². The molecule has 3 heterocycles. The molecule has 2 N–H and O–H groups in total. The minimum atomic E-state index is -3.17. The maximum atomic E-state index is 12.9. The lowest BCUT2D eigenvalue weighted by molar-refractivity contribution is 0.136. The molecular weight excluding hydrogens is 394 g/mol. The smallest absolute Gasteiger partial charge is 0.255 e. The van der Waals surface area contributed by atoms with Gasteiger partial charge in [-0.25, -0.2) is 17.7 Å². The van der Waals surface area contributed by atoms with Crippen LogP contribution >= 0.6 is 0 Å². The van der Waals surface area contributed by atoms with Crippen LogP contribution in [-0.4, -0.2) is 63.9 Å². The first-order chi connectivity index (χ1) is 13.7. The second kappa shape index (κ2) is 7.66. The Bertz CT molecular complexity index is 1080. The molecule has 1 aliphatic carbocycles. The van der Waals surface area contributed by atoms with Crippen LogP contribution in [0.4, 0.5) is 5.95 Å². The molecule has 1 aliphatic heterocycles. The van der Waals surface area contributed by atoms with Crippen LogP contribution in [0.5, 0.6) is 0 Å². The van der Waals surface area contributed by atoms with E-state index >= 15 is 0 Å². The van der Waals surface area contributed by atoms with Gasteiger partial charge >= 0.3 is 0 Å². The normalized spacial score (nSPS) is 24.2. The van der Waals surface area contributed by atoms with Crippen molar-refractivity contribution in [1.29, 1.82) is 0 Å². The molecular formula is C19H27N5O4S. The predicted molar refractivity (Wildman–Crippen MR) is 110 cm³/mol. The number of anilines is 1. The molecule has 0 spiro atoms. The van der Waals surface area contributed by atoms with Gasteiger partial charge in [0.05, 0.1) is 18.4 Å². The third-order valence-electron chi connectivity index (χ3n) is 5.98. The van der Waals surface area contributed by atoms with E-state index in [1.165, 1.54) is 10.6 Å². The van der Waals surface area contributed by atoms with Gasteiger partial charge in [0, 0.05) is 36.3 Å². The molecule has 2 fully saturated rings. The molecule has 1 saturated carbocycles. The Morgan fingerprint density at radius 3 is 2.55 bits per heavy atom. The molecule has 2 aromatic rings. The van der Waals surface area contributed by atoms with Crippen LogP contribution < -0.4 is 10.9 Å². The maximum Gasteiger partial charge on any atom is 0.255 e. The highest BCUT2D eigenvalue weighted by molar-refractivity contribution is 7.88. The lowest BCUT2D eigenvalue weighted by atomic mass is 10.1. The summed E-state index contributed by atoms with van der Waals surface area (Å²) in [7, 11) is -3.17. The molecule has 0 aromatic carbocycles. The summed E-state index contributed by atoms with van der Waals surface area (Å²) in [4.78, 5) is 21.9. The van der Waals surface area contributed by atoms with Gasteiger partial charge in [-0.15, -0.1) is 0 Å². The maximum absolute atomic E-state index is 12.9. The molecule has 0 unspecified atom stereocenters. The summed E-state index contributed by atoms with van der Waals surface area (Å²) in [6.45, 7) is 2.69. The molecule has 0 radical (unpaired) electrons. The molecule has 10 heteroatoms. The summed E-state index contributed by atoms with van der Waals surface area (Å²) in [6, 6.07) is 1.57. The van der Waals surface area contributed by atoms with Crippen LogP contribution in [0.25, 0.3) is 11.0 Å². The van der Waals surface area contributed by atoms with E-state index in [0.717, 1.165) is 18.2 Å². The van der Waals surface area contributed by atoms with Gasteiger partial charge in [-0.2, -0.15) is 4.98 Å². The van der Waals surface area contributed by atoms with Crippen molar-refractivity contribution in [2.45, 2.75) is 57.2 Å². The zero-order chi connectivity index (χ0) is 20.8. The van der Waals surface area contributed by atoms with Gasteiger partial charge in [0.25, 0.3) is 5.56 Å². The summed E-state index contributed by atoms with van der Waals surface area (Å²) in [5.41, 5.74) is 1.00. The minimum Gasteiger partial charge on any atom is -0.391 e. The first kappa shape index (κ1) is 20.2. The number of aromatic nitrogens is 3. The average Bonchev–Trinajstić information content (AvgIpc) is 3.08. The second-order valence-electron chi connectivity index (χ2n) is 8.12. The average molecular weight is 422 g/mol. The van der Waals surface area contributed by atoms with E-state index in [9.17, 15) is 18.3 Å². The monoisotopic (exact) mass is 421 g/mol. The number of nitrogens with one attached hydrogen (secondary N) is 1. The van der Waals surface area contributed by atoms with Crippen molar-refractivity contribution < 1.29 is 13.5 Å². The summed E-state index contributed by atoms with van der Waals surface area (Å²) in [6.07, 6.45) is 6.00. The van der Waals surface area contributed by atoms with Crippen molar-refractivity contribution in [1.82, 2.24) is 18.8 Å². The van der Waals surface area contributed by atoms with E-state index in [1.807, 2.05) is 0 Å². The molecule has 0 amide bonds. The largest absolute Gasteiger partial charge is 0.391 e. The quantitative estimate of drug-likeness (QED) is 0.757. The van der Waals surface area contributed by atoms with Crippen molar-refractivity contribution in [2.24, 2.45) is 0 Å². The molecule has 2 atom stereocenters. The van der Waals surface area contributed by atoms with E-state index in [1.54, 1.807) is 23.8 Å². The van der Waals surface area contributed by atoms with E-state index < -0.39 is 16.1 Å². The fourth-order valence-corrected chi connectivity index (χ4v) is 5.25. The number of piperidine rings is 1. The number of sulfonamides is 1. The number of aryl methyl sites for hydroxylation is 1. The fraction of sp³-hybridized carbons (Fsp3) is 0.632. The topological polar surface area (TPSA) is 117 Å². The number of hydrogen-bond acceptors (Lipinski definition) is 7. The van der Waals surface area contributed by atoms with Crippen LogP contribution in [0.15, 0.2) is 17.1 Å². The van der Waals surface area contributed by atoms with Crippen LogP contribution in [0.1, 0.15) is 43.7 Å². The van der Waals surface area contributed by atoms with Crippen molar-refractivity contribution >= 4 is 27.0 Å². The van der Waals surface area contributed by atoms with Crippen molar-refractivity contribution in [2.75, 3.05) is 24.7 Å². The van der Waals surface area contributed by atoms with Gasteiger partial charge in [-0.3, -0.25) is 9.36 Å². The Labute approximate surface area is 169 Å². The Hall–Kier alpha value is -2.04. The zero-order valence-electron chi connectivity index (χ0n) is 16.7. The summed E-state index contributed by atoms with van der Waals surface area (Å²) < 4.78 is 26.5. The lowest BCUT2D eigenvalue weighted by Crippen LogP contribution is -2.42. The highest BCUT2D eigenvalue weighted by Crippen LogP contribution is 2.31. The third-order valence-corrected chi connectivity index (χ3v) is 7.29. The lowest BCUT2D eigenvalue weighted by Gasteiger charge is -2.30. The minimum absolute atomic E-state index is 0.0631. The Morgan fingerprint density at radius 1 is 1.21 bits per heavy atom. The number of fused-ring (bicyclic) bond motifs is 1. The van der Waals surface area contributed by atoms with Gasteiger partial charge in [-0.1, -0.05) is 0 Å². The van der Waals surface area contributed by atoms with Crippen molar-refractivity contribution in [3.05, 3.63) is 28.2 Å². The number of nitrogens with zero attached hydrogens (tertiary/aromatic N) is 4. The first-order valence-corrected chi connectivity index (χ1v) is 11.9. The fourth-order valence-electron chi connectivity index (χ4n) is 4.37. The third kappa shape index (κ3) is 4.01. The van der Waals surface area contributed by atoms with Crippen LogP contribution in [0.2, 0.25) is 0 Å². The highest BCUT2D eigenvalue weighted by atomic mass is 32.2. The SMILES string of the molecule is Cc1cc2cnc(NC3CCN(S(C)(=O)=O)CC3)nc2n([C@@H]2CCC[C@H]2O)c1=O. The Kier molecular flexibility index (Phi) is 5.34. The highest BCUT2D eigenvalue weighted by Gasteiger charge is 2.30. The molecule has 2 aromatic heterocycles. The molecule has 2 aliphatic rings. The summed E-state index contributed by atoms with van der Waals surface area (Å²) in [5.74, 6) is 0.416. The standard InChI is InChI=1S/C19H27N5O4S/c1-12-10-13-11-20-19(21-14-6-8-23(9-7-14)29(2,27)28)22-17(13)24(18(12)26)15-4-3-5-16(15)25/h10-11,14-16,25H,3-9H2,1-2H3,(H,20,21,22)/t15-,16-/m1/s1. The zero-order valence-corrected chi connectivity index (χ0v) is 17.5. The molecule has 9 nitrogen and oxygen atoms in total. The van der Waals surface area contributed by atoms with Gasteiger partial charge in [0.1, 0.15) is 5.65 Å². The van der Waals surface area contributed by atoms with E-state index in [-0.39, 0.29) is 17.6 Å². The molecule has 4 rings (SSSR count). The van der Waals surface area contributed by atoms with E-state index in [4.69, 9.17) is 0 Å². The van der Waals surface area contributed by atoms with Crippen molar-refractivity contribution in [3.8, 4) is 0 Å². The molecule has 29 heavy (non-hydrogen) atoms. The van der Waals surface area contributed by atoms with E-state index in [2.05, 4.69) is 15.3 Å². The summed E-state index contributed by atoms with van der Waals surface area (Å²) >= 11 is 0. The molecule has 158 valence electrons. The Balaban J connectivity index is 1.62. The van der Waals surface area contributed by atoms with Crippen molar-refractivity contribution in [3.63, 3.8) is 0 Å². The molecule has 0 bridgehead atoms. The number of aliphatic hydroxyl groups is 1. The number of rotatable bonds is 4. The first-order valence-electron chi connectivity index (χ1n) is 10.0. The van der Waals surface area contributed by atoms with Crippen LogP contribution in [0, 0.1) is 6.92 Å². The van der Waals surface area contributed by atoms with E-state index in [0.29, 0.717) is 49.5 Å². The molecule has 1 saturated heterocycles. The Morgan fingerprint density at radius 2 is 1.93 bits per heavy atom. The second-order valence-corrected chi connectivity index (χ2v) is 10.1. The predicted octanol–water partition coefficient (Wildman–Crippen LogP) is 1.02. The number of hydrogen-bond donors (Lipinski definition) is 2.